The maximum absolute atomic E-state index is 2.33. The smallest absolute Gasteiger partial charge is 0.0623 e. The van der Waals surface area contributed by atoms with Gasteiger partial charge in [-0.25, -0.2) is 0 Å². The second-order valence-corrected chi connectivity index (χ2v) is 9.59. The third-order valence-electron chi connectivity index (χ3n) is 4.14. The predicted octanol–water partition coefficient (Wildman–Crippen LogP) is 4.01. The van der Waals surface area contributed by atoms with E-state index < -0.39 is 0 Å². The molecule has 2 fully saturated rings. The first-order valence-electron chi connectivity index (χ1n) is 6.20. The van der Waals surface area contributed by atoms with Crippen LogP contribution in [0.25, 0.3) is 0 Å². The summed E-state index contributed by atoms with van der Waals surface area (Å²) in [6, 6.07) is 0. The molecule has 1 spiro atoms. The molecular formula is C12H24P+. The van der Waals surface area contributed by atoms with Crippen LogP contribution in [0.2, 0.25) is 0 Å². The van der Waals surface area contributed by atoms with Gasteiger partial charge < -0.3 is 0 Å². The molecule has 0 aliphatic carbocycles. The van der Waals surface area contributed by atoms with Gasteiger partial charge in [-0.15, -0.1) is 0 Å². The van der Waals surface area contributed by atoms with Gasteiger partial charge >= 0.3 is 0 Å². The lowest BCUT2D eigenvalue weighted by Crippen LogP contribution is -2.01. The third kappa shape index (κ3) is 2.27. The van der Waals surface area contributed by atoms with Crippen LogP contribution >= 0.6 is 7.26 Å². The highest BCUT2D eigenvalue weighted by Crippen LogP contribution is 2.69. The molecule has 2 heterocycles. The summed E-state index contributed by atoms with van der Waals surface area (Å²) in [7, 11) is -0.294. The van der Waals surface area contributed by atoms with Crippen molar-refractivity contribution in [3.8, 4) is 0 Å². The van der Waals surface area contributed by atoms with E-state index in [1.54, 1.807) is 50.3 Å². The van der Waals surface area contributed by atoms with Crippen molar-refractivity contribution in [1.29, 1.82) is 0 Å². The first-order chi connectivity index (χ1) is 6.35. The molecule has 0 aromatic rings. The van der Waals surface area contributed by atoms with Crippen molar-refractivity contribution in [3.63, 3.8) is 0 Å². The first-order valence-corrected chi connectivity index (χ1v) is 8.73. The molecule has 2 saturated heterocycles. The zero-order chi connectivity index (χ0) is 9.15. The monoisotopic (exact) mass is 199 g/mol. The molecule has 0 nitrogen and oxygen atoms in total. The fourth-order valence-electron chi connectivity index (χ4n) is 3.33. The molecular weight excluding hydrogens is 175 g/mol. The molecule has 1 atom stereocenters. The van der Waals surface area contributed by atoms with E-state index >= 15 is 0 Å². The van der Waals surface area contributed by atoms with Crippen molar-refractivity contribution in [3.05, 3.63) is 0 Å². The number of hydrogen-bond acceptors (Lipinski definition) is 0. The Morgan fingerprint density at radius 2 is 1.92 bits per heavy atom. The van der Waals surface area contributed by atoms with Crippen LogP contribution < -0.4 is 0 Å². The maximum atomic E-state index is 2.33. The van der Waals surface area contributed by atoms with Crippen LogP contribution in [0.5, 0.6) is 0 Å². The van der Waals surface area contributed by atoms with E-state index in [-0.39, 0.29) is 7.26 Å². The highest BCUT2D eigenvalue weighted by molar-refractivity contribution is 7.76. The van der Waals surface area contributed by atoms with E-state index in [1.165, 1.54) is 12.8 Å². The van der Waals surface area contributed by atoms with Crippen LogP contribution in [0, 0.1) is 5.92 Å². The minimum absolute atomic E-state index is 0.294. The van der Waals surface area contributed by atoms with Crippen molar-refractivity contribution in [1.82, 2.24) is 0 Å². The molecule has 0 bridgehead atoms. The van der Waals surface area contributed by atoms with E-state index in [9.17, 15) is 0 Å². The Hall–Kier alpha value is 0.430. The van der Waals surface area contributed by atoms with Crippen LogP contribution in [0.4, 0.5) is 0 Å². The highest BCUT2D eigenvalue weighted by Gasteiger charge is 2.46. The quantitative estimate of drug-likeness (QED) is 0.602. The lowest BCUT2D eigenvalue weighted by molar-refractivity contribution is 0.517. The van der Waals surface area contributed by atoms with E-state index in [4.69, 9.17) is 0 Å². The molecule has 0 saturated carbocycles. The molecule has 76 valence electrons. The zero-order valence-electron chi connectivity index (χ0n) is 9.10. The molecule has 13 heavy (non-hydrogen) atoms. The molecule has 0 N–H and O–H groups in total. The highest BCUT2D eigenvalue weighted by atomic mass is 31.2. The standard InChI is InChI=1S/C12H24P/c1-2-3-6-12-7-10-13(11-12)8-4-5-9-13/h12H,2-11H2,1H3/q+1. The SMILES string of the molecule is CCCCC1CC[P+]2(CCCC2)C1. The van der Waals surface area contributed by atoms with E-state index in [0.717, 1.165) is 5.92 Å². The predicted molar refractivity (Wildman–Crippen MR) is 63.3 cm³/mol. The van der Waals surface area contributed by atoms with Crippen molar-refractivity contribution >= 4 is 7.26 Å². The Balaban J connectivity index is 1.79. The summed E-state index contributed by atoms with van der Waals surface area (Å²) < 4.78 is 0. The van der Waals surface area contributed by atoms with Crippen molar-refractivity contribution in [2.24, 2.45) is 5.92 Å². The van der Waals surface area contributed by atoms with Crippen LogP contribution in [-0.4, -0.2) is 24.6 Å². The van der Waals surface area contributed by atoms with Crippen LogP contribution in [0.15, 0.2) is 0 Å². The minimum atomic E-state index is -0.294. The van der Waals surface area contributed by atoms with Gasteiger partial charge in [-0.2, -0.15) is 0 Å². The zero-order valence-corrected chi connectivity index (χ0v) is 9.99. The molecule has 2 aliphatic heterocycles. The topological polar surface area (TPSA) is 0 Å². The lowest BCUT2D eigenvalue weighted by atomic mass is 10.0. The molecule has 1 heteroatoms. The van der Waals surface area contributed by atoms with E-state index in [2.05, 4.69) is 6.92 Å². The average Bonchev–Trinajstić information content (AvgIpc) is 2.74. The summed E-state index contributed by atoms with van der Waals surface area (Å²) in [4.78, 5) is 0. The second kappa shape index (κ2) is 4.30. The Kier molecular flexibility index (Phi) is 3.30. The molecule has 2 aliphatic rings. The number of rotatable bonds is 3. The summed E-state index contributed by atoms with van der Waals surface area (Å²) in [5.74, 6) is 1.16. The summed E-state index contributed by atoms with van der Waals surface area (Å²) >= 11 is 0. The number of unbranched alkanes of at least 4 members (excludes halogenated alkanes) is 1. The average molecular weight is 199 g/mol. The Bertz CT molecular complexity index is 159. The van der Waals surface area contributed by atoms with Crippen molar-refractivity contribution in [2.45, 2.75) is 45.4 Å². The molecule has 2 rings (SSSR count). The van der Waals surface area contributed by atoms with Gasteiger partial charge in [0.1, 0.15) is 0 Å². The van der Waals surface area contributed by atoms with E-state index in [1.807, 2.05) is 0 Å². The lowest BCUT2D eigenvalue weighted by Gasteiger charge is -2.15. The Morgan fingerprint density at radius 3 is 2.62 bits per heavy atom. The van der Waals surface area contributed by atoms with Crippen LogP contribution in [0.1, 0.15) is 45.4 Å². The van der Waals surface area contributed by atoms with Gasteiger partial charge in [-0.1, -0.05) is 19.8 Å². The second-order valence-electron chi connectivity index (χ2n) is 5.20. The van der Waals surface area contributed by atoms with Gasteiger partial charge in [0, 0.05) is 7.26 Å². The van der Waals surface area contributed by atoms with E-state index in [0.29, 0.717) is 0 Å². The summed E-state index contributed by atoms with van der Waals surface area (Å²) in [5, 5.41) is 0. The van der Waals surface area contributed by atoms with Crippen LogP contribution in [-0.2, 0) is 0 Å². The molecule has 0 aromatic carbocycles. The van der Waals surface area contributed by atoms with Gasteiger partial charge in [-0.05, 0) is 31.6 Å². The third-order valence-corrected chi connectivity index (χ3v) is 9.17. The molecule has 0 radical (unpaired) electrons. The Morgan fingerprint density at radius 1 is 1.15 bits per heavy atom. The fraction of sp³-hybridized carbons (Fsp3) is 1.00. The maximum Gasteiger partial charge on any atom is 0.0623 e. The molecule has 0 amide bonds. The van der Waals surface area contributed by atoms with Gasteiger partial charge in [-0.3, -0.25) is 0 Å². The van der Waals surface area contributed by atoms with Gasteiger partial charge in [0.15, 0.2) is 0 Å². The van der Waals surface area contributed by atoms with Crippen molar-refractivity contribution in [2.75, 3.05) is 24.6 Å². The van der Waals surface area contributed by atoms with Crippen LogP contribution in [0.3, 0.4) is 0 Å². The summed E-state index contributed by atoms with van der Waals surface area (Å²) in [6.07, 6.45) is 15.9. The van der Waals surface area contributed by atoms with Crippen molar-refractivity contribution < 1.29 is 0 Å². The summed E-state index contributed by atoms with van der Waals surface area (Å²) in [5.41, 5.74) is 0. The summed E-state index contributed by atoms with van der Waals surface area (Å²) in [6.45, 7) is 2.33. The molecule has 1 unspecified atom stereocenters. The fourth-order valence-corrected chi connectivity index (χ4v) is 8.71. The normalized spacial score (nSPS) is 31.6. The number of hydrogen-bond donors (Lipinski definition) is 0. The largest absolute Gasteiger partial charge is 0.0654 e. The molecule has 0 aromatic heterocycles. The minimum Gasteiger partial charge on any atom is -0.0654 e. The van der Waals surface area contributed by atoms with Gasteiger partial charge in [0.2, 0.25) is 0 Å². The first kappa shape index (κ1) is 9.97. The van der Waals surface area contributed by atoms with Gasteiger partial charge in [0.05, 0.1) is 24.6 Å². The van der Waals surface area contributed by atoms with Gasteiger partial charge in [0.25, 0.3) is 0 Å². The Labute approximate surface area is 83.8 Å².